The summed E-state index contributed by atoms with van der Waals surface area (Å²) in [4.78, 5) is 0. The fourth-order valence-electron chi connectivity index (χ4n) is 0.611. The molecule has 0 aliphatic heterocycles. The van der Waals surface area contributed by atoms with Crippen LogP contribution in [0.2, 0.25) is 0 Å². The van der Waals surface area contributed by atoms with E-state index in [1.807, 2.05) is 11.8 Å². The first kappa shape index (κ1) is 11.3. The van der Waals surface area contributed by atoms with Crippen molar-refractivity contribution in [2.24, 2.45) is 5.73 Å². The van der Waals surface area contributed by atoms with Crippen LogP contribution in [0.1, 0.15) is 20.3 Å². The zero-order chi connectivity index (χ0) is 8.74. The van der Waals surface area contributed by atoms with Crippen molar-refractivity contribution in [1.82, 2.24) is 0 Å². The molecule has 0 unspecified atom stereocenters. The molecule has 0 aliphatic rings. The van der Waals surface area contributed by atoms with Gasteiger partial charge in [-0.3, -0.25) is 0 Å². The summed E-state index contributed by atoms with van der Waals surface area (Å²) in [5.41, 5.74) is 5.57. The summed E-state index contributed by atoms with van der Waals surface area (Å²) >= 11 is 1.91. The van der Waals surface area contributed by atoms with Crippen molar-refractivity contribution in [3.8, 4) is 0 Å². The van der Waals surface area contributed by atoms with Gasteiger partial charge in [0, 0.05) is 25.0 Å². The van der Waals surface area contributed by atoms with Crippen molar-refractivity contribution in [2.75, 3.05) is 26.0 Å². The van der Waals surface area contributed by atoms with E-state index < -0.39 is 0 Å². The SMILES string of the molecule is COCCCSC(C)(C)CN. The lowest BCUT2D eigenvalue weighted by atomic mass is 10.2. The average Bonchev–Trinajstić information content (AvgIpc) is 1.99. The molecule has 68 valence electrons. The third kappa shape index (κ3) is 6.66. The van der Waals surface area contributed by atoms with Gasteiger partial charge in [-0.25, -0.2) is 0 Å². The molecule has 0 spiro atoms. The number of ether oxygens (including phenoxy) is 1. The van der Waals surface area contributed by atoms with Gasteiger partial charge < -0.3 is 10.5 Å². The van der Waals surface area contributed by atoms with Gasteiger partial charge in [0.1, 0.15) is 0 Å². The van der Waals surface area contributed by atoms with Crippen molar-refractivity contribution < 1.29 is 4.74 Å². The predicted octanol–water partition coefficient (Wildman–Crippen LogP) is 1.49. The van der Waals surface area contributed by atoms with E-state index in [4.69, 9.17) is 10.5 Å². The lowest BCUT2D eigenvalue weighted by Crippen LogP contribution is -2.27. The lowest BCUT2D eigenvalue weighted by Gasteiger charge is -2.21. The predicted molar refractivity (Wildman–Crippen MR) is 52.1 cm³/mol. The molecule has 0 saturated carbocycles. The van der Waals surface area contributed by atoms with E-state index in [2.05, 4.69) is 13.8 Å². The second-order valence-electron chi connectivity index (χ2n) is 3.16. The first-order chi connectivity index (χ1) is 5.12. The van der Waals surface area contributed by atoms with E-state index in [1.54, 1.807) is 7.11 Å². The molecule has 0 aromatic carbocycles. The van der Waals surface area contributed by atoms with Gasteiger partial charge in [0.2, 0.25) is 0 Å². The molecule has 0 atom stereocenters. The molecule has 0 amide bonds. The molecule has 0 radical (unpaired) electrons. The largest absolute Gasteiger partial charge is 0.385 e. The average molecular weight is 177 g/mol. The van der Waals surface area contributed by atoms with Crippen molar-refractivity contribution in [2.45, 2.75) is 25.0 Å². The second-order valence-corrected chi connectivity index (χ2v) is 4.96. The number of methoxy groups -OCH3 is 1. The summed E-state index contributed by atoms with van der Waals surface area (Å²) in [5, 5.41) is 0. The zero-order valence-corrected chi connectivity index (χ0v) is 8.54. The Bertz CT molecular complexity index is 96.1. The summed E-state index contributed by atoms with van der Waals surface area (Å²) in [7, 11) is 1.73. The molecule has 2 nitrogen and oxygen atoms in total. The third-order valence-electron chi connectivity index (χ3n) is 1.48. The van der Waals surface area contributed by atoms with Crippen molar-refractivity contribution in [3.05, 3.63) is 0 Å². The standard InChI is InChI=1S/C8H19NOS/c1-8(2,7-9)11-6-4-5-10-3/h4-7,9H2,1-3H3. The highest BCUT2D eigenvalue weighted by Crippen LogP contribution is 2.22. The van der Waals surface area contributed by atoms with Gasteiger partial charge in [-0.05, 0) is 26.0 Å². The molecular formula is C8H19NOS. The quantitative estimate of drug-likeness (QED) is 0.624. The van der Waals surface area contributed by atoms with Crippen LogP contribution in [0.25, 0.3) is 0 Å². The smallest absolute Gasteiger partial charge is 0.0470 e. The third-order valence-corrected chi connectivity index (χ3v) is 2.92. The monoisotopic (exact) mass is 177 g/mol. The summed E-state index contributed by atoms with van der Waals surface area (Å²) in [5.74, 6) is 1.14. The first-order valence-electron chi connectivity index (χ1n) is 3.95. The number of rotatable bonds is 6. The number of thioether (sulfide) groups is 1. The fourth-order valence-corrected chi connectivity index (χ4v) is 1.54. The Labute approximate surface area is 73.9 Å². The Morgan fingerprint density at radius 3 is 2.55 bits per heavy atom. The van der Waals surface area contributed by atoms with Gasteiger partial charge in [0.05, 0.1) is 0 Å². The van der Waals surface area contributed by atoms with E-state index >= 15 is 0 Å². The van der Waals surface area contributed by atoms with Crippen LogP contribution in [0.3, 0.4) is 0 Å². The summed E-state index contributed by atoms with van der Waals surface area (Å²) in [6.45, 7) is 5.94. The summed E-state index contributed by atoms with van der Waals surface area (Å²) in [6.07, 6.45) is 1.12. The fraction of sp³-hybridized carbons (Fsp3) is 1.00. The molecular weight excluding hydrogens is 158 g/mol. The number of hydrogen-bond donors (Lipinski definition) is 1. The Balaban J connectivity index is 3.23. The highest BCUT2D eigenvalue weighted by atomic mass is 32.2. The van der Waals surface area contributed by atoms with Crippen molar-refractivity contribution >= 4 is 11.8 Å². The molecule has 0 bridgehead atoms. The topological polar surface area (TPSA) is 35.2 Å². The molecule has 0 aromatic rings. The molecule has 11 heavy (non-hydrogen) atoms. The minimum atomic E-state index is 0.230. The van der Waals surface area contributed by atoms with Crippen LogP contribution >= 0.6 is 11.8 Å². The Morgan fingerprint density at radius 2 is 2.09 bits per heavy atom. The van der Waals surface area contributed by atoms with Gasteiger partial charge in [0.15, 0.2) is 0 Å². The van der Waals surface area contributed by atoms with Crippen LogP contribution in [-0.2, 0) is 4.74 Å². The van der Waals surface area contributed by atoms with Crippen molar-refractivity contribution in [1.29, 1.82) is 0 Å². The van der Waals surface area contributed by atoms with Crippen LogP contribution in [0, 0.1) is 0 Å². The van der Waals surface area contributed by atoms with Crippen LogP contribution < -0.4 is 5.73 Å². The maximum absolute atomic E-state index is 5.57. The highest BCUT2D eigenvalue weighted by molar-refractivity contribution is 8.00. The van der Waals surface area contributed by atoms with Crippen LogP contribution in [0.15, 0.2) is 0 Å². The van der Waals surface area contributed by atoms with E-state index in [0.717, 1.165) is 25.3 Å². The van der Waals surface area contributed by atoms with Gasteiger partial charge in [0.25, 0.3) is 0 Å². The number of nitrogens with two attached hydrogens (primary N) is 1. The first-order valence-corrected chi connectivity index (χ1v) is 4.94. The molecule has 0 heterocycles. The summed E-state index contributed by atoms with van der Waals surface area (Å²) in [6, 6.07) is 0. The molecule has 0 fully saturated rings. The highest BCUT2D eigenvalue weighted by Gasteiger charge is 2.14. The molecule has 3 heteroatoms. The van der Waals surface area contributed by atoms with Crippen molar-refractivity contribution in [3.63, 3.8) is 0 Å². The van der Waals surface area contributed by atoms with E-state index in [9.17, 15) is 0 Å². The van der Waals surface area contributed by atoms with Gasteiger partial charge >= 0.3 is 0 Å². The van der Waals surface area contributed by atoms with Gasteiger partial charge in [-0.2, -0.15) is 11.8 Å². The Hall–Kier alpha value is 0.270. The minimum absolute atomic E-state index is 0.230. The van der Waals surface area contributed by atoms with E-state index in [0.29, 0.717) is 0 Å². The molecule has 0 saturated heterocycles. The van der Waals surface area contributed by atoms with E-state index in [1.165, 1.54) is 0 Å². The van der Waals surface area contributed by atoms with Gasteiger partial charge in [-0.1, -0.05) is 0 Å². The van der Waals surface area contributed by atoms with E-state index in [-0.39, 0.29) is 4.75 Å². The Morgan fingerprint density at radius 1 is 1.45 bits per heavy atom. The minimum Gasteiger partial charge on any atom is -0.385 e. The normalized spacial score (nSPS) is 12.0. The zero-order valence-electron chi connectivity index (χ0n) is 7.72. The lowest BCUT2D eigenvalue weighted by molar-refractivity contribution is 0.200. The maximum atomic E-state index is 5.57. The second kappa shape index (κ2) is 5.86. The van der Waals surface area contributed by atoms with Crippen LogP contribution in [0.5, 0.6) is 0 Å². The van der Waals surface area contributed by atoms with Crippen LogP contribution in [-0.4, -0.2) is 30.8 Å². The summed E-state index contributed by atoms with van der Waals surface area (Å²) < 4.78 is 5.18. The maximum Gasteiger partial charge on any atom is 0.0470 e. The molecule has 0 aromatic heterocycles. The Kier molecular flexibility index (Phi) is 6.01. The van der Waals surface area contributed by atoms with Gasteiger partial charge in [-0.15, -0.1) is 0 Å². The number of hydrogen-bond acceptors (Lipinski definition) is 3. The van der Waals surface area contributed by atoms with Crippen LogP contribution in [0.4, 0.5) is 0 Å². The molecule has 2 N–H and O–H groups in total. The molecule has 0 rings (SSSR count). The molecule has 0 aliphatic carbocycles.